The van der Waals surface area contributed by atoms with Gasteiger partial charge in [0.1, 0.15) is 6.61 Å². The minimum Gasteiger partial charge on any atom is -0.485 e. The van der Waals surface area contributed by atoms with Gasteiger partial charge in [0.2, 0.25) is 6.10 Å². The highest BCUT2D eigenvalue weighted by molar-refractivity contribution is 6.36. The van der Waals surface area contributed by atoms with E-state index in [1.807, 2.05) is 0 Å². The molecule has 1 amide bonds. The van der Waals surface area contributed by atoms with Crippen LogP contribution in [0.2, 0.25) is 10.0 Å². The Hall–Kier alpha value is -2.51. The average molecular weight is 383 g/mol. The molecule has 0 radical (unpaired) electrons. The summed E-state index contributed by atoms with van der Waals surface area (Å²) in [6, 6.07) is 8.39. The molecule has 9 heteroatoms. The van der Waals surface area contributed by atoms with Gasteiger partial charge in [-0.15, -0.1) is 0 Å². The molecule has 1 aliphatic rings. The lowest BCUT2D eigenvalue weighted by Crippen LogP contribution is -2.39. The van der Waals surface area contributed by atoms with E-state index in [4.69, 9.17) is 37.4 Å². The molecule has 1 atom stereocenters. The number of pyridine rings is 1. The molecule has 1 N–H and O–H groups in total. The van der Waals surface area contributed by atoms with Crippen molar-refractivity contribution in [3.8, 4) is 11.5 Å². The number of nitrogens with one attached hydrogen (secondary N) is 1. The molecule has 1 aromatic carbocycles. The number of carbonyl (C=O) groups excluding carboxylic acids is 2. The lowest BCUT2D eigenvalue weighted by molar-refractivity contribution is -0.156. The highest BCUT2D eigenvalue weighted by atomic mass is 35.5. The van der Waals surface area contributed by atoms with Crippen LogP contribution < -0.4 is 14.8 Å². The summed E-state index contributed by atoms with van der Waals surface area (Å²) in [6.45, 7) is -0.511. The molecule has 0 saturated heterocycles. The maximum atomic E-state index is 12.0. The number of esters is 1. The molecular weight excluding hydrogens is 371 g/mol. The molecule has 2 aromatic rings. The number of amides is 1. The Morgan fingerprint density at radius 2 is 2.04 bits per heavy atom. The molecule has 0 fully saturated rings. The number of benzene rings is 1. The third kappa shape index (κ3) is 4.32. The van der Waals surface area contributed by atoms with E-state index in [2.05, 4.69) is 10.3 Å². The van der Waals surface area contributed by atoms with E-state index >= 15 is 0 Å². The lowest BCUT2D eigenvalue weighted by atomic mass is 10.2. The van der Waals surface area contributed by atoms with Crippen LogP contribution in [0.1, 0.15) is 0 Å². The van der Waals surface area contributed by atoms with Gasteiger partial charge in [0.15, 0.2) is 23.9 Å². The van der Waals surface area contributed by atoms with Crippen LogP contribution >= 0.6 is 23.2 Å². The van der Waals surface area contributed by atoms with Gasteiger partial charge >= 0.3 is 5.97 Å². The average Bonchev–Trinajstić information content (AvgIpc) is 2.61. The molecule has 1 aliphatic heterocycles. The summed E-state index contributed by atoms with van der Waals surface area (Å²) in [5.41, 5.74) is 0. The van der Waals surface area contributed by atoms with Crippen molar-refractivity contribution in [2.75, 3.05) is 18.5 Å². The van der Waals surface area contributed by atoms with Crippen LogP contribution in [0.5, 0.6) is 11.5 Å². The Bertz CT molecular complexity index is 815. The number of aromatic nitrogens is 1. The summed E-state index contributed by atoms with van der Waals surface area (Å²) in [5, 5.41) is 2.93. The Kier molecular flexibility index (Phi) is 5.25. The van der Waals surface area contributed by atoms with E-state index in [0.29, 0.717) is 16.5 Å². The SMILES string of the molecule is O=C(COC(=O)[C@@H]1COc2ccccc2O1)Nc1ncc(Cl)cc1Cl. The second-order valence-corrected chi connectivity index (χ2v) is 5.85. The Morgan fingerprint density at radius 3 is 2.80 bits per heavy atom. The molecule has 7 nitrogen and oxygen atoms in total. The predicted molar refractivity (Wildman–Crippen MR) is 90.2 cm³/mol. The van der Waals surface area contributed by atoms with Crippen LogP contribution in [0.4, 0.5) is 5.82 Å². The maximum Gasteiger partial charge on any atom is 0.351 e. The van der Waals surface area contributed by atoms with Gasteiger partial charge in [-0.2, -0.15) is 0 Å². The molecule has 0 spiro atoms. The second kappa shape index (κ2) is 7.58. The fourth-order valence-electron chi connectivity index (χ4n) is 2.04. The van der Waals surface area contributed by atoms with Crippen molar-refractivity contribution in [3.63, 3.8) is 0 Å². The van der Waals surface area contributed by atoms with Crippen molar-refractivity contribution < 1.29 is 23.8 Å². The molecule has 0 aliphatic carbocycles. The monoisotopic (exact) mass is 382 g/mol. The first kappa shape index (κ1) is 17.3. The Balaban J connectivity index is 1.51. The fourth-order valence-corrected chi connectivity index (χ4v) is 2.47. The number of hydrogen-bond donors (Lipinski definition) is 1. The van der Waals surface area contributed by atoms with Crippen LogP contribution in [0.3, 0.4) is 0 Å². The number of rotatable bonds is 4. The third-order valence-electron chi connectivity index (χ3n) is 3.18. The summed E-state index contributed by atoms with van der Waals surface area (Å²) in [5.74, 6) is -0.189. The topological polar surface area (TPSA) is 86.8 Å². The van der Waals surface area contributed by atoms with Crippen molar-refractivity contribution in [3.05, 3.63) is 46.6 Å². The van der Waals surface area contributed by atoms with E-state index in [9.17, 15) is 9.59 Å². The summed E-state index contributed by atoms with van der Waals surface area (Å²) < 4.78 is 15.9. The molecule has 0 saturated carbocycles. The fraction of sp³-hybridized carbons (Fsp3) is 0.188. The Morgan fingerprint density at radius 1 is 1.28 bits per heavy atom. The van der Waals surface area contributed by atoms with Gasteiger partial charge in [0, 0.05) is 6.20 Å². The number of halogens is 2. The number of hydrogen-bond acceptors (Lipinski definition) is 6. The summed E-state index contributed by atoms with van der Waals surface area (Å²) in [7, 11) is 0. The zero-order valence-electron chi connectivity index (χ0n) is 12.7. The molecule has 1 aromatic heterocycles. The summed E-state index contributed by atoms with van der Waals surface area (Å²) in [6.07, 6.45) is 0.389. The summed E-state index contributed by atoms with van der Waals surface area (Å²) >= 11 is 11.6. The third-order valence-corrected chi connectivity index (χ3v) is 3.68. The number of ether oxygens (including phenoxy) is 3. The quantitative estimate of drug-likeness (QED) is 0.818. The summed E-state index contributed by atoms with van der Waals surface area (Å²) in [4.78, 5) is 27.7. The number of anilines is 1. The van der Waals surface area contributed by atoms with Gasteiger partial charge < -0.3 is 19.5 Å². The van der Waals surface area contributed by atoms with E-state index in [0.717, 1.165) is 0 Å². The zero-order valence-corrected chi connectivity index (χ0v) is 14.2. The number of carbonyl (C=O) groups is 2. The Labute approximate surface area is 152 Å². The van der Waals surface area contributed by atoms with E-state index in [-0.39, 0.29) is 17.4 Å². The van der Waals surface area contributed by atoms with Crippen molar-refractivity contribution in [1.82, 2.24) is 4.98 Å². The first-order valence-corrected chi connectivity index (χ1v) is 7.94. The van der Waals surface area contributed by atoms with E-state index in [1.54, 1.807) is 24.3 Å². The normalized spacial score (nSPS) is 15.4. The molecule has 2 heterocycles. The van der Waals surface area contributed by atoms with Crippen LogP contribution in [0.15, 0.2) is 36.5 Å². The minimum atomic E-state index is -0.944. The van der Waals surface area contributed by atoms with Gasteiger partial charge in [-0.3, -0.25) is 4.79 Å². The zero-order chi connectivity index (χ0) is 17.8. The van der Waals surface area contributed by atoms with Crippen LogP contribution in [-0.2, 0) is 14.3 Å². The highest BCUT2D eigenvalue weighted by Gasteiger charge is 2.29. The van der Waals surface area contributed by atoms with E-state index in [1.165, 1.54) is 12.3 Å². The molecule has 25 heavy (non-hydrogen) atoms. The maximum absolute atomic E-state index is 12.0. The number of para-hydroxylation sites is 2. The molecule has 3 rings (SSSR count). The van der Waals surface area contributed by atoms with Gasteiger partial charge in [0.05, 0.1) is 10.0 Å². The molecule has 0 unspecified atom stereocenters. The van der Waals surface area contributed by atoms with Crippen LogP contribution in [0.25, 0.3) is 0 Å². The van der Waals surface area contributed by atoms with Gasteiger partial charge in [-0.25, -0.2) is 9.78 Å². The largest absolute Gasteiger partial charge is 0.485 e. The first-order valence-electron chi connectivity index (χ1n) is 7.19. The first-order chi connectivity index (χ1) is 12.0. The molecular formula is C16H12Cl2N2O5. The molecule has 130 valence electrons. The van der Waals surface area contributed by atoms with Crippen LogP contribution in [0, 0.1) is 0 Å². The van der Waals surface area contributed by atoms with Gasteiger partial charge in [-0.1, -0.05) is 35.3 Å². The van der Waals surface area contributed by atoms with Crippen molar-refractivity contribution >= 4 is 40.9 Å². The smallest absolute Gasteiger partial charge is 0.351 e. The van der Waals surface area contributed by atoms with Crippen molar-refractivity contribution in [2.24, 2.45) is 0 Å². The number of fused-ring (bicyclic) bond motifs is 1. The lowest BCUT2D eigenvalue weighted by Gasteiger charge is -2.24. The van der Waals surface area contributed by atoms with Crippen molar-refractivity contribution in [1.29, 1.82) is 0 Å². The van der Waals surface area contributed by atoms with Gasteiger partial charge in [0.25, 0.3) is 5.91 Å². The van der Waals surface area contributed by atoms with E-state index < -0.39 is 24.6 Å². The number of nitrogens with zero attached hydrogens (tertiary/aromatic N) is 1. The highest BCUT2D eigenvalue weighted by Crippen LogP contribution is 2.31. The minimum absolute atomic E-state index is 0.00202. The second-order valence-electron chi connectivity index (χ2n) is 5.00. The standard InChI is InChI=1S/C16H12Cl2N2O5/c17-9-5-10(18)15(19-6-9)20-14(21)8-24-16(22)13-7-23-11-3-1-2-4-12(11)25-13/h1-6,13H,7-8H2,(H,19,20,21)/t13-/m0/s1. The van der Waals surface area contributed by atoms with Gasteiger partial charge in [-0.05, 0) is 18.2 Å². The predicted octanol–water partition coefficient (Wildman–Crippen LogP) is 2.71. The molecule has 0 bridgehead atoms. The van der Waals surface area contributed by atoms with Crippen LogP contribution in [-0.4, -0.2) is 36.2 Å². The van der Waals surface area contributed by atoms with Crippen molar-refractivity contribution in [2.45, 2.75) is 6.10 Å².